The molecule has 2 rings (SSSR count). The first-order chi connectivity index (χ1) is 8.98. The summed E-state index contributed by atoms with van der Waals surface area (Å²) in [4.78, 5) is 7.68. The molecule has 0 aliphatic heterocycles. The number of aromatic nitrogens is 2. The Labute approximate surface area is 108 Å². The van der Waals surface area contributed by atoms with Gasteiger partial charge in [-0.15, -0.1) is 0 Å². The Morgan fingerprint density at radius 3 is 2.68 bits per heavy atom. The molecule has 0 saturated heterocycles. The van der Waals surface area contributed by atoms with E-state index in [9.17, 15) is 13.2 Å². The van der Waals surface area contributed by atoms with Crippen molar-refractivity contribution < 1.29 is 13.2 Å². The predicted octanol–water partition coefficient (Wildman–Crippen LogP) is 3.42. The molecule has 0 amide bonds. The van der Waals surface area contributed by atoms with Crippen LogP contribution in [0.3, 0.4) is 0 Å². The van der Waals surface area contributed by atoms with E-state index < -0.39 is 11.7 Å². The lowest BCUT2D eigenvalue weighted by atomic mass is 10.1. The molecule has 0 saturated carbocycles. The molecule has 0 unspecified atom stereocenters. The van der Waals surface area contributed by atoms with Crippen LogP contribution < -0.4 is 5.32 Å². The maximum Gasteiger partial charge on any atom is 0.419 e. The lowest BCUT2D eigenvalue weighted by Gasteiger charge is -2.13. The number of hydrogen-bond donors (Lipinski definition) is 1. The van der Waals surface area contributed by atoms with Crippen molar-refractivity contribution in [1.29, 1.82) is 0 Å². The van der Waals surface area contributed by atoms with Crippen LogP contribution in [0.25, 0.3) is 0 Å². The molecule has 3 nitrogen and oxygen atoms in total. The first kappa shape index (κ1) is 13.3. The first-order valence-electron chi connectivity index (χ1n) is 5.64. The van der Waals surface area contributed by atoms with Gasteiger partial charge in [-0.05, 0) is 36.2 Å². The molecule has 6 heteroatoms. The lowest BCUT2D eigenvalue weighted by molar-refractivity contribution is -0.137. The van der Waals surface area contributed by atoms with E-state index in [1.165, 1.54) is 12.3 Å². The maximum absolute atomic E-state index is 12.8. The van der Waals surface area contributed by atoms with Crippen LogP contribution in [0.4, 0.5) is 19.0 Å². The molecular weight excluding hydrogens is 255 g/mol. The summed E-state index contributed by atoms with van der Waals surface area (Å²) in [5.74, 6) is -0.168. The molecule has 0 atom stereocenters. The molecule has 2 aromatic rings. The van der Waals surface area contributed by atoms with Crippen LogP contribution in [0.1, 0.15) is 16.7 Å². The zero-order chi connectivity index (χ0) is 13.9. The van der Waals surface area contributed by atoms with E-state index in [2.05, 4.69) is 15.3 Å². The van der Waals surface area contributed by atoms with Gasteiger partial charge < -0.3 is 5.32 Å². The summed E-state index contributed by atoms with van der Waals surface area (Å²) in [7, 11) is 0. The van der Waals surface area contributed by atoms with Gasteiger partial charge in [-0.1, -0.05) is 0 Å². The van der Waals surface area contributed by atoms with E-state index in [1.54, 1.807) is 18.5 Å². The van der Waals surface area contributed by atoms with Crippen LogP contribution in [0.2, 0.25) is 0 Å². The second-order valence-corrected chi connectivity index (χ2v) is 4.05. The number of alkyl halides is 3. The number of nitrogens with zero attached hydrogens (tertiary/aromatic N) is 2. The highest BCUT2D eigenvalue weighted by atomic mass is 19.4. The van der Waals surface area contributed by atoms with Crippen molar-refractivity contribution in [3.8, 4) is 0 Å². The summed E-state index contributed by atoms with van der Waals surface area (Å²) in [5, 5.41) is 2.71. The van der Waals surface area contributed by atoms with Crippen LogP contribution in [0.5, 0.6) is 0 Å². The van der Waals surface area contributed by atoms with Crippen LogP contribution in [-0.2, 0) is 12.7 Å². The standard InChI is InChI=1S/C13H12F3N3/c1-9-4-6-17-7-10(9)8-19-12-11(13(14,15)16)3-2-5-18-12/h2-7H,8H2,1H3,(H,18,19). The van der Waals surface area contributed by atoms with Gasteiger partial charge in [-0.3, -0.25) is 4.98 Å². The third kappa shape index (κ3) is 3.21. The van der Waals surface area contributed by atoms with Gasteiger partial charge in [0.05, 0.1) is 5.56 Å². The SMILES string of the molecule is Cc1ccncc1CNc1ncccc1C(F)(F)F. The van der Waals surface area contributed by atoms with E-state index in [1.807, 2.05) is 6.92 Å². The summed E-state index contributed by atoms with van der Waals surface area (Å²) in [6.45, 7) is 2.13. The van der Waals surface area contributed by atoms with Gasteiger partial charge >= 0.3 is 6.18 Å². The van der Waals surface area contributed by atoms with Gasteiger partial charge in [-0.25, -0.2) is 4.98 Å². The van der Waals surface area contributed by atoms with Gasteiger partial charge in [0.15, 0.2) is 0 Å². The molecule has 0 radical (unpaired) electrons. The van der Waals surface area contributed by atoms with Crippen molar-refractivity contribution >= 4 is 5.82 Å². The normalized spacial score (nSPS) is 11.4. The minimum Gasteiger partial charge on any atom is -0.365 e. The Hall–Kier alpha value is -2.11. The Morgan fingerprint density at radius 2 is 2.00 bits per heavy atom. The van der Waals surface area contributed by atoms with Crippen molar-refractivity contribution in [3.05, 3.63) is 53.5 Å². The second-order valence-electron chi connectivity index (χ2n) is 4.05. The molecule has 0 bridgehead atoms. The van der Waals surface area contributed by atoms with E-state index in [0.29, 0.717) is 0 Å². The molecule has 0 aliphatic carbocycles. The Balaban J connectivity index is 2.19. The fourth-order valence-corrected chi connectivity index (χ4v) is 1.64. The Kier molecular flexibility index (Phi) is 3.69. The monoisotopic (exact) mass is 267 g/mol. The Morgan fingerprint density at radius 1 is 1.21 bits per heavy atom. The number of aryl methyl sites for hydroxylation is 1. The molecule has 100 valence electrons. The number of anilines is 1. The zero-order valence-electron chi connectivity index (χ0n) is 10.2. The van der Waals surface area contributed by atoms with Crippen molar-refractivity contribution in [2.75, 3.05) is 5.32 Å². The van der Waals surface area contributed by atoms with E-state index >= 15 is 0 Å². The third-order valence-electron chi connectivity index (χ3n) is 2.71. The van der Waals surface area contributed by atoms with Gasteiger partial charge in [0.1, 0.15) is 5.82 Å². The average molecular weight is 267 g/mol. The summed E-state index contributed by atoms with van der Waals surface area (Å²) < 4.78 is 38.3. The highest BCUT2D eigenvalue weighted by molar-refractivity contribution is 5.46. The van der Waals surface area contributed by atoms with Gasteiger partial charge in [0.25, 0.3) is 0 Å². The fraction of sp³-hybridized carbons (Fsp3) is 0.231. The number of rotatable bonds is 3. The molecule has 1 N–H and O–H groups in total. The first-order valence-corrected chi connectivity index (χ1v) is 5.64. The van der Waals surface area contributed by atoms with E-state index in [-0.39, 0.29) is 12.4 Å². The number of pyridine rings is 2. The van der Waals surface area contributed by atoms with Crippen LogP contribution in [0.15, 0.2) is 36.8 Å². The molecular formula is C13H12F3N3. The van der Waals surface area contributed by atoms with E-state index in [0.717, 1.165) is 17.2 Å². The number of nitrogens with one attached hydrogen (secondary N) is 1. The summed E-state index contributed by atoms with van der Waals surface area (Å²) in [6.07, 6.45) is 0.174. The van der Waals surface area contributed by atoms with Gasteiger partial charge in [0.2, 0.25) is 0 Å². The highest BCUT2D eigenvalue weighted by Crippen LogP contribution is 2.33. The lowest BCUT2D eigenvalue weighted by Crippen LogP contribution is -2.12. The molecule has 0 fully saturated rings. The van der Waals surface area contributed by atoms with Crippen molar-refractivity contribution in [1.82, 2.24) is 9.97 Å². The van der Waals surface area contributed by atoms with Gasteiger partial charge in [0, 0.05) is 25.1 Å². The Bertz CT molecular complexity index is 567. The summed E-state index contributed by atoms with van der Waals surface area (Å²) >= 11 is 0. The van der Waals surface area contributed by atoms with Crippen molar-refractivity contribution in [2.45, 2.75) is 19.6 Å². The number of halogens is 3. The summed E-state index contributed by atoms with van der Waals surface area (Å²) in [6, 6.07) is 4.08. The minimum absolute atomic E-state index is 0.168. The fourth-order valence-electron chi connectivity index (χ4n) is 1.64. The van der Waals surface area contributed by atoms with Crippen LogP contribution in [-0.4, -0.2) is 9.97 Å². The van der Waals surface area contributed by atoms with Crippen molar-refractivity contribution in [2.24, 2.45) is 0 Å². The smallest absolute Gasteiger partial charge is 0.365 e. The van der Waals surface area contributed by atoms with Gasteiger partial charge in [-0.2, -0.15) is 13.2 Å². The average Bonchev–Trinajstić information content (AvgIpc) is 2.37. The minimum atomic E-state index is -4.42. The maximum atomic E-state index is 12.8. The van der Waals surface area contributed by atoms with E-state index in [4.69, 9.17) is 0 Å². The highest BCUT2D eigenvalue weighted by Gasteiger charge is 2.33. The quantitative estimate of drug-likeness (QED) is 0.926. The largest absolute Gasteiger partial charge is 0.419 e. The zero-order valence-corrected chi connectivity index (χ0v) is 10.2. The molecule has 2 aromatic heterocycles. The van der Waals surface area contributed by atoms with Crippen molar-refractivity contribution in [3.63, 3.8) is 0 Å². The van der Waals surface area contributed by atoms with Crippen LogP contribution in [0, 0.1) is 6.92 Å². The number of hydrogen-bond acceptors (Lipinski definition) is 3. The molecule has 0 aromatic carbocycles. The van der Waals surface area contributed by atoms with Crippen LogP contribution >= 0.6 is 0 Å². The molecule has 0 aliphatic rings. The molecule has 0 spiro atoms. The topological polar surface area (TPSA) is 37.8 Å². The second kappa shape index (κ2) is 5.26. The predicted molar refractivity (Wildman–Crippen MR) is 65.5 cm³/mol. The summed E-state index contributed by atoms with van der Waals surface area (Å²) in [5.41, 5.74) is 1.03. The molecule has 2 heterocycles. The molecule has 19 heavy (non-hydrogen) atoms. The third-order valence-corrected chi connectivity index (χ3v) is 2.71.